The van der Waals surface area contributed by atoms with E-state index in [1.165, 1.54) is 7.11 Å². The SMILES string of the molecule is CCCc1nc(C(=O)Nc2ccc(Cl)c(OC)c2)n[nH]1. The minimum atomic E-state index is -0.382. The number of anilines is 1. The highest BCUT2D eigenvalue weighted by atomic mass is 35.5. The number of carbonyl (C=O) groups excluding carboxylic acids is 1. The minimum Gasteiger partial charge on any atom is -0.495 e. The van der Waals surface area contributed by atoms with Crippen LogP contribution in [0.2, 0.25) is 5.02 Å². The van der Waals surface area contributed by atoms with Crippen molar-refractivity contribution in [3.8, 4) is 5.75 Å². The second-order valence-corrected chi connectivity index (χ2v) is 4.57. The molecule has 2 aromatic rings. The van der Waals surface area contributed by atoms with E-state index in [4.69, 9.17) is 16.3 Å². The number of rotatable bonds is 5. The standard InChI is InChI=1S/C13H15ClN4O2/c1-3-4-11-16-12(18-17-11)13(19)15-8-5-6-9(14)10(7-8)20-2/h5-7H,3-4H2,1-2H3,(H,15,19)(H,16,17,18). The van der Waals surface area contributed by atoms with Gasteiger partial charge in [-0.2, -0.15) is 0 Å². The Morgan fingerprint density at radius 2 is 2.30 bits per heavy atom. The maximum Gasteiger partial charge on any atom is 0.295 e. The molecule has 0 bridgehead atoms. The number of hydrogen-bond donors (Lipinski definition) is 2. The van der Waals surface area contributed by atoms with Crippen LogP contribution < -0.4 is 10.1 Å². The molecule has 0 radical (unpaired) electrons. The van der Waals surface area contributed by atoms with Crippen LogP contribution in [0.1, 0.15) is 29.8 Å². The monoisotopic (exact) mass is 294 g/mol. The van der Waals surface area contributed by atoms with Gasteiger partial charge in [0.25, 0.3) is 5.91 Å². The van der Waals surface area contributed by atoms with Crippen molar-refractivity contribution in [2.45, 2.75) is 19.8 Å². The fourth-order valence-corrected chi connectivity index (χ4v) is 1.86. The summed E-state index contributed by atoms with van der Waals surface area (Å²) in [6.45, 7) is 2.03. The van der Waals surface area contributed by atoms with Crippen LogP contribution in [0.5, 0.6) is 5.75 Å². The van der Waals surface area contributed by atoms with Gasteiger partial charge in [0, 0.05) is 18.2 Å². The summed E-state index contributed by atoms with van der Waals surface area (Å²) in [4.78, 5) is 16.1. The molecule has 1 aromatic carbocycles. The molecule has 106 valence electrons. The summed E-state index contributed by atoms with van der Waals surface area (Å²) in [6.07, 6.45) is 1.69. The Morgan fingerprint density at radius 3 is 3.00 bits per heavy atom. The lowest BCUT2D eigenvalue weighted by Crippen LogP contribution is -2.13. The number of nitrogens with one attached hydrogen (secondary N) is 2. The van der Waals surface area contributed by atoms with Crippen LogP contribution in [0.25, 0.3) is 0 Å². The lowest BCUT2D eigenvalue weighted by atomic mass is 10.3. The molecule has 6 nitrogen and oxygen atoms in total. The molecule has 0 spiro atoms. The molecule has 0 fully saturated rings. The zero-order chi connectivity index (χ0) is 14.5. The van der Waals surface area contributed by atoms with E-state index in [1.54, 1.807) is 18.2 Å². The number of ether oxygens (including phenoxy) is 1. The number of amides is 1. The van der Waals surface area contributed by atoms with Crippen molar-refractivity contribution in [1.29, 1.82) is 0 Å². The maximum atomic E-state index is 12.0. The number of H-pyrrole nitrogens is 1. The minimum absolute atomic E-state index is 0.113. The first-order valence-corrected chi connectivity index (χ1v) is 6.58. The molecule has 0 aliphatic carbocycles. The zero-order valence-electron chi connectivity index (χ0n) is 11.2. The molecule has 0 aliphatic rings. The van der Waals surface area contributed by atoms with Gasteiger partial charge < -0.3 is 10.1 Å². The Hall–Kier alpha value is -2.08. The number of aromatic amines is 1. The third kappa shape index (κ3) is 3.27. The van der Waals surface area contributed by atoms with E-state index in [0.717, 1.165) is 12.8 Å². The smallest absolute Gasteiger partial charge is 0.295 e. The maximum absolute atomic E-state index is 12.0. The van der Waals surface area contributed by atoms with Crippen LogP contribution in [0.15, 0.2) is 18.2 Å². The average Bonchev–Trinajstić information content (AvgIpc) is 2.90. The number of nitrogens with zero attached hydrogens (tertiary/aromatic N) is 2. The molecule has 0 unspecified atom stereocenters. The van der Waals surface area contributed by atoms with Crippen LogP contribution in [0.4, 0.5) is 5.69 Å². The lowest BCUT2D eigenvalue weighted by Gasteiger charge is -2.06. The van der Waals surface area contributed by atoms with Crippen LogP contribution in [-0.4, -0.2) is 28.2 Å². The predicted molar refractivity (Wildman–Crippen MR) is 76.3 cm³/mol. The summed E-state index contributed by atoms with van der Waals surface area (Å²) in [5.41, 5.74) is 0.568. The van der Waals surface area contributed by atoms with Crippen molar-refractivity contribution in [1.82, 2.24) is 15.2 Å². The van der Waals surface area contributed by atoms with Crippen molar-refractivity contribution in [2.75, 3.05) is 12.4 Å². The van der Waals surface area contributed by atoms with E-state index in [1.807, 2.05) is 6.92 Å². The molecule has 0 atom stereocenters. The number of carbonyl (C=O) groups is 1. The molecule has 7 heteroatoms. The Bertz CT molecular complexity index is 612. The summed E-state index contributed by atoms with van der Waals surface area (Å²) in [6, 6.07) is 4.97. The summed E-state index contributed by atoms with van der Waals surface area (Å²) < 4.78 is 5.09. The second-order valence-electron chi connectivity index (χ2n) is 4.16. The Morgan fingerprint density at radius 1 is 1.50 bits per heavy atom. The van der Waals surface area contributed by atoms with Crippen molar-refractivity contribution in [3.63, 3.8) is 0 Å². The highest BCUT2D eigenvalue weighted by Gasteiger charge is 2.13. The number of aryl methyl sites for hydroxylation is 1. The van der Waals surface area contributed by atoms with Gasteiger partial charge in [-0.15, -0.1) is 5.10 Å². The predicted octanol–water partition coefficient (Wildman–Crippen LogP) is 2.67. The Labute approximate surface area is 121 Å². The average molecular weight is 295 g/mol. The molecule has 0 saturated carbocycles. The van der Waals surface area contributed by atoms with Crippen LogP contribution in [0.3, 0.4) is 0 Å². The number of methoxy groups -OCH3 is 1. The van der Waals surface area contributed by atoms with Gasteiger partial charge in [0.05, 0.1) is 12.1 Å². The fraction of sp³-hybridized carbons (Fsp3) is 0.308. The number of halogens is 1. The van der Waals surface area contributed by atoms with E-state index in [-0.39, 0.29) is 11.7 Å². The van der Waals surface area contributed by atoms with Gasteiger partial charge in [-0.1, -0.05) is 18.5 Å². The van der Waals surface area contributed by atoms with Crippen LogP contribution in [0, 0.1) is 0 Å². The van der Waals surface area contributed by atoms with Crippen LogP contribution in [-0.2, 0) is 6.42 Å². The first-order valence-electron chi connectivity index (χ1n) is 6.20. The second kappa shape index (κ2) is 6.38. The summed E-state index contributed by atoms with van der Waals surface area (Å²) in [5, 5.41) is 9.80. The molecule has 2 N–H and O–H groups in total. The van der Waals surface area contributed by atoms with E-state index in [2.05, 4.69) is 20.5 Å². The van der Waals surface area contributed by atoms with Gasteiger partial charge >= 0.3 is 0 Å². The molecule has 1 amide bonds. The van der Waals surface area contributed by atoms with Gasteiger partial charge in [0.15, 0.2) is 0 Å². The molecular weight excluding hydrogens is 280 g/mol. The summed E-state index contributed by atoms with van der Waals surface area (Å²) >= 11 is 5.92. The van der Waals surface area contributed by atoms with E-state index < -0.39 is 0 Å². The Balaban J connectivity index is 2.10. The van der Waals surface area contributed by atoms with Crippen molar-refractivity contribution < 1.29 is 9.53 Å². The molecule has 1 aromatic heterocycles. The molecular formula is C13H15ClN4O2. The zero-order valence-corrected chi connectivity index (χ0v) is 12.0. The normalized spacial score (nSPS) is 10.3. The third-order valence-electron chi connectivity index (χ3n) is 2.63. The van der Waals surface area contributed by atoms with Crippen molar-refractivity contribution in [3.05, 3.63) is 34.9 Å². The highest BCUT2D eigenvalue weighted by Crippen LogP contribution is 2.27. The van der Waals surface area contributed by atoms with Gasteiger partial charge in [0.2, 0.25) is 5.82 Å². The van der Waals surface area contributed by atoms with Gasteiger partial charge in [-0.25, -0.2) is 4.98 Å². The topological polar surface area (TPSA) is 79.9 Å². The number of aromatic nitrogens is 3. The number of hydrogen-bond acceptors (Lipinski definition) is 4. The summed E-state index contributed by atoms with van der Waals surface area (Å²) in [5.74, 6) is 0.924. The quantitative estimate of drug-likeness (QED) is 0.888. The van der Waals surface area contributed by atoms with E-state index in [9.17, 15) is 4.79 Å². The largest absolute Gasteiger partial charge is 0.495 e. The number of benzene rings is 1. The third-order valence-corrected chi connectivity index (χ3v) is 2.94. The molecule has 0 saturated heterocycles. The first-order chi connectivity index (χ1) is 9.63. The Kier molecular flexibility index (Phi) is 4.57. The lowest BCUT2D eigenvalue weighted by molar-refractivity contribution is 0.101. The van der Waals surface area contributed by atoms with Gasteiger partial charge in [0.1, 0.15) is 11.6 Å². The molecule has 2 rings (SSSR count). The van der Waals surface area contributed by atoms with Gasteiger partial charge in [-0.05, 0) is 18.6 Å². The van der Waals surface area contributed by atoms with E-state index in [0.29, 0.717) is 22.3 Å². The highest BCUT2D eigenvalue weighted by molar-refractivity contribution is 6.32. The van der Waals surface area contributed by atoms with Gasteiger partial charge in [-0.3, -0.25) is 9.89 Å². The van der Waals surface area contributed by atoms with Crippen LogP contribution >= 0.6 is 11.6 Å². The fourth-order valence-electron chi connectivity index (χ4n) is 1.67. The molecule has 1 heterocycles. The first kappa shape index (κ1) is 14.3. The molecule has 0 aliphatic heterocycles. The summed E-state index contributed by atoms with van der Waals surface area (Å²) in [7, 11) is 1.51. The van der Waals surface area contributed by atoms with Crippen molar-refractivity contribution in [2.24, 2.45) is 0 Å². The van der Waals surface area contributed by atoms with E-state index >= 15 is 0 Å². The molecule has 20 heavy (non-hydrogen) atoms. The van der Waals surface area contributed by atoms with Crippen molar-refractivity contribution >= 4 is 23.2 Å².